The van der Waals surface area contributed by atoms with Gasteiger partial charge in [-0.2, -0.15) is 0 Å². The van der Waals surface area contributed by atoms with Crippen LogP contribution in [0.3, 0.4) is 0 Å². The highest BCUT2D eigenvalue weighted by atomic mass is 35.5. The topological polar surface area (TPSA) is 46.5 Å². The maximum Gasteiger partial charge on any atom is 0.337 e. The first-order chi connectivity index (χ1) is 5.75. The summed E-state index contributed by atoms with van der Waals surface area (Å²) in [4.78, 5) is 10.6. The Balaban J connectivity index is 0.00000144. The Hall–Kier alpha value is -1.06. The molecule has 1 rings (SSSR count). The molecule has 0 aliphatic heterocycles. The zero-order chi connectivity index (χ0) is 8.97. The zero-order valence-electron chi connectivity index (χ0n) is 7.14. The van der Waals surface area contributed by atoms with Gasteiger partial charge in [0.05, 0.1) is 0 Å². The van der Waals surface area contributed by atoms with Gasteiger partial charge in [-0.15, -0.1) is 12.4 Å². The third-order valence-corrected chi connectivity index (χ3v) is 1.56. The molecule has 3 nitrogen and oxygen atoms in total. The molecule has 1 aromatic carbocycles. The summed E-state index contributed by atoms with van der Waals surface area (Å²) in [5, 5.41) is 8.70. The van der Waals surface area contributed by atoms with Crippen LogP contribution in [0, 0.1) is 0 Å². The highest BCUT2D eigenvalue weighted by Gasteiger charge is 2.17. The lowest BCUT2D eigenvalue weighted by atomic mass is 10.1. The summed E-state index contributed by atoms with van der Waals surface area (Å²) in [5.41, 5.74) is 0.660. The first-order valence-electron chi connectivity index (χ1n) is 3.56. The Kier molecular flexibility index (Phi) is 5.11. The highest BCUT2D eigenvalue weighted by Crippen LogP contribution is 2.15. The van der Waals surface area contributed by atoms with E-state index in [4.69, 9.17) is 9.84 Å². The van der Waals surface area contributed by atoms with E-state index in [1.807, 2.05) is 6.07 Å². The standard InChI is InChI=1S/C9H10O3.ClH/c1-12-8(9(10)11)7-5-3-2-4-6-7;/h2-6,8H,1H3,(H,10,11);1H. The number of carbonyl (C=O) groups is 1. The molecule has 0 radical (unpaired) electrons. The SMILES string of the molecule is COC(C(=O)O)c1ccccc1.Cl. The third kappa shape index (κ3) is 3.05. The third-order valence-electron chi connectivity index (χ3n) is 1.56. The molecule has 72 valence electrons. The second-order valence-electron chi connectivity index (χ2n) is 2.36. The fraction of sp³-hybridized carbons (Fsp3) is 0.222. The molecule has 0 bridgehead atoms. The predicted octanol–water partition coefficient (Wildman–Crippen LogP) is 1.88. The van der Waals surface area contributed by atoms with Crippen molar-refractivity contribution in [2.45, 2.75) is 6.10 Å². The number of ether oxygens (including phenoxy) is 1. The number of methoxy groups -OCH3 is 1. The number of hydrogen-bond acceptors (Lipinski definition) is 2. The Morgan fingerprint density at radius 3 is 2.31 bits per heavy atom. The minimum absolute atomic E-state index is 0. The van der Waals surface area contributed by atoms with Crippen molar-refractivity contribution in [3.63, 3.8) is 0 Å². The van der Waals surface area contributed by atoms with Crippen molar-refractivity contribution in [1.82, 2.24) is 0 Å². The van der Waals surface area contributed by atoms with Crippen molar-refractivity contribution in [3.8, 4) is 0 Å². The largest absolute Gasteiger partial charge is 0.479 e. The Morgan fingerprint density at radius 2 is 1.92 bits per heavy atom. The molecule has 0 fully saturated rings. The average molecular weight is 203 g/mol. The van der Waals surface area contributed by atoms with Gasteiger partial charge < -0.3 is 9.84 Å². The number of carboxylic acids is 1. The molecule has 1 atom stereocenters. The Bertz CT molecular complexity index is 261. The van der Waals surface area contributed by atoms with Gasteiger partial charge >= 0.3 is 5.97 Å². The van der Waals surface area contributed by atoms with Gasteiger partial charge in [-0.05, 0) is 5.56 Å². The van der Waals surface area contributed by atoms with Gasteiger partial charge in [0.2, 0.25) is 0 Å². The smallest absolute Gasteiger partial charge is 0.337 e. The lowest BCUT2D eigenvalue weighted by Crippen LogP contribution is -2.12. The maximum absolute atomic E-state index is 10.6. The zero-order valence-corrected chi connectivity index (χ0v) is 7.95. The van der Waals surface area contributed by atoms with Crippen LogP contribution in [-0.2, 0) is 9.53 Å². The van der Waals surface area contributed by atoms with Crippen LogP contribution in [0.2, 0.25) is 0 Å². The normalized spacial score (nSPS) is 11.5. The van der Waals surface area contributed by atoms with E-state index in [0.29, 0.717) is 5.56 Å². The van der Waals surface area contributed by atoms with E-state index in [0.717, 1.165) is 0 Å². The van der Waals surface area contributed by atoms with Crippen LogP contribution in [-0.4, -0.2) is 18.2 Å². The maximum atomic E-state index is 10.6. The summed E-state index contributed by atoms with van der Waals surface area (Å²) in [6.45, 7) is 0. The fourth-order valence-electron chi connectivity index (χ4n) is 1.01. The van der Waals surface area contributed by atoms with E-state index in [2.05, 4.69) is 0 Å². The van der Waals surface area contributed by atoms with Gasteiger partial charge in [-0.3, -0.25) is 0 Å². The van der Waals surface area contributed by atoms with Crippen LogP contribution in [0.1, 0.15) is 11.7 Å². The first-order valence-corrected chi connectivity index (χ1v) is 3.56. The second kappa shape index (κ2) is 5.56. The van der Waals surface area contributed by atoms with Gasteiger partial charge in [0.15, 0.2) is 6.10 Å². The second-order valence-corrected chi connectivity index (χ2v) is 2.36. The van der Waals surface area contributed by atoms with Crippen molar-refractivity contribution in [3.05, 3.63) is 35.9 Å². The molecule has 1 N–H and O–H groups in total. The van der Waals surface area contributed by atoms with E-state index in [1.165, 1.54) is 7.11 Å². The van der Waals surface area contributed by atoms with Gasteiger partial charge in [0.1, 0.15) is 0 Å². The van der Waals surface area contributed by atoms with E-state index < -0.39 is 12.1 Å². The number of hydrogen-bond donors (Lipinski definition) is 1. The Labute approximate surface area is 82.7 Å². The van der Waals surface area contributed by atoms with E-state index >= 15 is 0 Å². The summed E-state index contributed by atoms with van der Waals surface area (Å²) >= 11 is 0. The number of benzene rings is 1. The number of aliphatic carboxylic acids is 1. The van der Waals surface area contributed by atoms with Crippen molar-refractivity contribution in [2.24, 2.45) is 0 Å². The molecule has 0 amide bonds. The molecule has 0 aliphatic carbocycles. The number of carboxylic acid groups (broad SMARTS) is 1. The van der Waals surface area contributed by atoms with Gasteiger partial charge in [-0.25, -0.2) is 4.79 Å². The fourth-order valence-corrected chi connectivity index (χ4v) is 1.01. The Morgan fingerprint density at radius 1 is 1.38 bits per heavy atom. The molecule has 0 aromatic heterocycles. The van der Waals surface area contributed by atoms with E-state index in [9.17, 15) is 4.79 Å². The van der Waals surface area contributed by atoms with Crippen LogP contribution in [0.4, 0.5) is 0 Å². The predicted molar refractivity (Wildman–Crippen MR) is 51.1 cm³/mol. The minimum atomic E-state index is -0.969. The van der Waals surface area contributed by atoms with Crippen molar-refractivity contribution < 1.29 is 14.6 Å². The van der Waals surface area contributed by atoms with Crippen molar-refractivity contribution in [2.75, 3.05) is 7.11 Å². The van der Waals surface area contributed by atoms with Crippen LogP contribution in [0.15, 0.2) is 30.3 Å². The summed E-state index contributed by atoms with van der Waals surface area (Å²) in [5.74, 6) is -0.969. The lowest BCUT2D eigenvalue weighted by Gasteiger charge is -2.09. The molecule has 0 aliphatic rings. The van der Waals surface area contributed by atoms with Gasteiger partial charge in [0.25, 0.3) is 0 Å². The molecule has 1 aromatic rings. The molecular formula is C9H11ClO3. The lowest BCUT2D eigenvalue weighted by molar-refractivity contribution is -0.148. The van der Waals surface area contributed by atoms with Crippen LogP contribution >= 0.6 is 12.4 Å². The van der Waals surface area contributed by atoms with Gasteiger partial charge in [0, 0.05) is 7.11 Å². The van der Waals surface area contributed by atoms with Crippen LogP contribution in [0.25, 0.3) is 0 Å². The molecule has 13 heavy (non-hydrogen) atoms. The summed E-state index contributed by atoms with van der Waals surface area (Å²) in [6.07, 6.45) is -0.855. The van der Waals surface area contributed by atoms with Crippen LogP contribution in [0.5, 0.6) is 0 Å². The highest BCUT2D eigenvalue weighted by molar-refractivity contribution is 5.85. The van der Waals surface area contributed by atoms with E-state index in [-0.39, 0.29) is 12.4 Å². The number of rotatable bonds is 3. The molecule has 0 heterocycles. The molecular weight excluding hydrogens is 192 g/mol. The first kappa shape index (κ1) is 11.9. The molecule has 0 saturated carbocycles. The average Bonchev–Trinajstić information content (AvgIpc) is 2.07. The van der Waals surface area contributed by atoms with Crippen molar-refractivity contribution >= 4 is 18.4 Å². The summed E-state index contributed by atoms with van der Waals surface area (Å²) in [7, 11) is 1.38. The molecule has 0 saturated heterocycles. The molecule has 1 unspecified atom stereocenters. The molecule has 4 heteroatoms. The quantitative estimate of drug-likeness (QED) is 0.814. The monoisotopic (exact) mass is 202 g/mol. The van der Waals surface area contributed by atoms with Gasteiger partial charge in [-0.1, -0.05) is 30.3 Å². The number of halogens is 1. The van der Waals surface area contributed by atoms with Crippen LogP contribution < -0.4 is 0 Å². The summed E-state index contributed by atoms with van der Waals surface area (Å²) < 4.78 is 4.80. The minimum Gasteiger partial charge on any atom is -0.479 e. The molecule has 0 spiro atoms. The van der Waals surface area contributed by atoms with E-state index in [1.54, 1.807) is 24.3 Å². The summed E-state index contributed by atoms with van der Waals surface area (Å²) in [6, 6.07) is 8.84. The van der Waals surface area contributed by atoms with Crippen molar-refractivity contribution in [1.29, 1.82) is 0 Å².